The highest BCUT2D eigenvalue weighted by atomic mass is 32.2. The van der Waals surface area contributed by atoms with Crippen LogP contribution in [0.25, 0.3) is 16.6 Å². The van der Waals surface area contributed by atoms with E-state index in [2.05, 4.69) is 14.6 Å². The van der Waals surface area contributed by atoms with E-state index >= 15 is 0 Å². The average molecular weight is 424 g/mol. The van der Waals surface area contributed by atoms with Crippen molar-refractivity contribution < 1.29 is 9.53 Å². The normalized spacial score (nSPS) is 11.6. The number of aromatic nitrogens is 5. The fourth-order valence-corrected chi connectivity index (χ4v) is 4.56. The van der Waals surface area contributed by atoms with Crippen LogP contribution in [0.1, 0.15) is 34.0 Å². The van der Waals surface area contributed by atoms with Gasteiger partial charge in [-0.05, 0) is 45.4 Å². The van der Waals surface area contributed by atoms with E-state index in [1.54, 1.807) is 11.6 Å². The zero-order chi connectivity index (χ0) is 21.3. The lowest BCUT2D eigenvalue weighted by molar-refractivity contribution is 0.102. The van der Waals surface area contributed by atoms with Crippen molar-refractivity contribution in [3.8, 4) is 0 Å². The van der Waals surface area contributed by atoms with E-state index in [4.69, 9.17) is 9.72 Å². The summed E-state index contributed by atoms with van der Waals surface area (Å²) in [6, 6.07) is 9.84. The van der Waals surface area contributed by atoms with Crippen molar-refractivity contribution in [2.75, 3.05) is 19.5 Å². The molecule has 0 N–H and O–H groups in total. The summed E-state index contributed by atoms with van der Waals surface area (Å²) < 4.78 is 9.07. The van der Waals surface area contributed by atoms with Gasteiger partial charge in [-0.3, -0.25) is 4.79 Å². The summed E-state index contributed by atoms with van der Waals surface area (Å²) in [6.07, 6.45) is 0.917. The summed E-state index contributed by atoms with van der Waals surface area (Å²) in [5, 5.41) is 6.11. The zero-order valence-corrected chi connectivity index (χ0v) is 18.5. The lowest BCUT2D eigenvalue weighted by Crippen LogP contribution is -2.09. The standard InChI is InChI=1S/C22H25N5O2S/c1-14-12-18(15(2)26(14)10-7-11-29-4)20(28)13-30-22-24-19-9-6-5-8-17(19)21-23-16(3)25-27(21)22/h5-6,8-9,12H,7,10-11,13H2,1-4H3. The van der Waals surface area contributed by atoms with Gasteiger partial charge in [-0.1, -0.05) is 23.9 Å². The number of methoxy groups -OCH3 is 1. The van der Waals surface area contributed by atoms with Gasteiger partial charge < -0.3 is 9.30 Å². The lowest BCUT2D eigenvalue weighted by atomic mass is 10.2. The van der Waals surface area contributed by atoms with Crippen LogP contribution in [-0.4, -0.2) is 49.4 Å². The molecule has 3 heterocycles. The SMILES string of the molecule is COCCCn1c(C)cc(C(=O)CSc2nc3ccccc3c3nc(C)nn23)c1C. The van der Waals surface area contributed by atoms with Crippen LogP contribution in [0.2, 0.25) is 0 Å². The van der Waals surface area contributed by atoms with E-state index in [-0.39, 0.29) is 5.78 Å². The molecule has 4 rings (SSSR count). The monoisotopic (exact) mass is 423 g/mol. The van der Waals surface area contributed by atoms with Gasteiger partial charge in [0.1, 0.15) is 5.82 Å². The van der Waals surface area contributed by atoms with Crippen LogP contribution in [0.5, 0.6) is 0 Å². The Hall–Kier alpha value is -2.71. The average Bonchev–Trinajstić information content (AvgIpc) is 3.26. The maximum atomic E-state index is 13.0. The van der Waals surface area contributed by atoms with Gasteiger partial charge in [0.15, 0.2) is 16.6 Å². The van der Waals surface area contributed by atoms with Gasteiger partial charge in [-0.2, -0.15) is 4.52 Å². The van der Waals surface area contributed by atoms with Gasteiger partial charge in [-0.15, -0.1) is 5.10 Å². The lowest BCUT2D eigenvalue weighted by Gasteiger charge is -2.09. The Balaban J connectivity index is 1.58. The highest BCUT2D eigenvalue weighted by Crippen LogP contribution is 2.25. The molecule has 8 heteroatoms. The second kappa shape index (κ2) is 8.57. The van der Waals surface area contributed by atoms with Crippen molar-refractivity contribution in [2.24, 2.45) is 0 Å². The Kier molecular flexibility index (Phi) is 5.87. The number of carbonyl (C=O) groups is 1. The van der Waals surface area contributed by atoms with Crippen LogP contribution >= 0.6 is 11.8 Å². The summed E-state index contributed by atoms with van der Waals surface area (Å²) in [7, 11) is 1.70. The first-order chi connectivity index (χ1) is 14.5. The molecule has 0 aliphatic rings. The maximum absolute atomic E-state index is 13.0. The summed E-state index contributed by atoms with van der Waals surface area (Å²) in [4.78, 5) is 22.3. The Labute approximate surface area is 179 Å². The van der Waals surface area contributed by atoms with Gasteiger partial charge in [0, 0.05) is 42.6 Å². The zero-order valence-electron chi connectivity index (χ0n) is 17.7. The Morgan fingerprint density at radius 2 is 1.97 bits per heavy atom. The number of Topliss-reactive ketones (excluding diaryl/α,β-unsaturated/α-hetero) is 1. The van der Waals surface area contributed by atoms with Crippen LogP contribution in [-0.2, 0) is 11.3 Å². The van der Waals surface area contributed by atoms with Gasteiger partial charge in [0.2, 0.25) is 0 Å². The minimum Gasteiger partial charge on any atom is -0.385 e. The highest BCUT2D eigenvalue weighted by Gasteiger charge is 2.18. The minimum atomic E-state index is 0.0889. The molecule has 1 aromatic carbocycles. The molecule has 30 heavy (non-hydrogen) atoms. The van der Waals surface area contributed by atoms with Crippen molar-refractivity contribution in [1.82, 2.24) is 24.1 Å². The topological polar surface area (TPSA) is 74.3 Å². The summed E-state index contributed by atoms with van der Waals surface area (Å²) in [5.74, 6) is 1.06. The second-order valence-corrected chi connectivity index (χ2v) is 8.24. The summed E-state index contributed by atoms with van der Waals surface area (Å²) >= 11 is 1.40. The van der Waals surface area contributed by atoms with E-state index in [0.717, 1.165) is 46.5 Å². The van der Waals surface area contributed by atoms with Gasteiger partial charge in [-0.25, -0.2) is 9.97 Å². The maximum Gasteiger partial charge on any atom is 0.192 e. The third kappa shape index (κ3) is 3.85. The van der Waals surface area contributed by atoms with Crippen LogP contribution < -0.4 is 0 Å². The molecule has 156 valence electrons. The number of ether oxygens (including phenoxy) is 1. The highest BCUT2D eigenvalue weighted by molar-refractivity contribution is 7.99. The number of carbonyl (C=O) groups excluding carboxylic acids is 1. The third-order valence-corrected chi connectivity index (χ3v) is 6.12. The minimum absolute atomic E-state index is 0.0889. The van der Waals surface area contributed by atoms with Crippen molar-refractivity contribution >= 4 is 34.1 Å². The number of hydrogen-bond acceptors (Lipinski definition) is 6. The molecule has 0 amide bonds. The number of rotatable bonds is 8. The number of aryl methyl sites for hydroxylation is 2. The first-order valence-electron chi connectivity index (χ1n) is 9.93. The van der Waals surface area contributed by atoms with Crippen LogP contribution in [0.15, 0.2) is 35.5 Å². The first-order valence-corrected chi connectivity index (χ1v) is 10.9. The molecule has 0 aliphatic heterocycles. The smallest absolute Gasteiger partial charge is 0.192 e. The predicted octanol–water partition coefficient (Wildman–Crippen LogP) is 4.02. The number of nitrogens with zero attached hydrogens (tertiary/aromatic N) is 5. The largest absolute Gasteiger partial charge is 0.385 e. The summed E-state index contributed by atoms with van der Waals surface area (Å²) in [5.41, 5.74) is 4.48. The molecule has 3 aromatic heterocycles. The van der Waals surface area contributed by atoms with Gasteiger partial charge >= 0.3 is 0 Å². The fourth-order valence-electron chi connectivity index (χ4n) is 3.73. The van der Waals surface area contributed by atoms with E-state index in [9.17, 15) is 4.79 Å². The molecule has 0 fully saturated rings. The quantitative estimate of drug-likeness (QED) is 0.184. The molecule has 4 aromatic rings. The third-order valence-electron chi connectivity index (χ3n) is 5.19. The molecule has 0 bridgehead atoms. The van der Waals surface area contributed by atoms with Crippen molar-refractivity contribution in [1.29, 1.82) is 0 Å². The first kappa shape index (κ1) is 20.6. The van der Waals surface area contributed by atoms with Gasteiger partial charge in [0.05, 0.1) is 11.3 Å². The van der Waals surface area contributed by atoms with E-state index in [0.29, 0.717) is 23.3 Å². The number of ketones is 1. The Morgan fingerprint density at radius 1 is 1.17 bits per heavy atom. The number of benzene rings is 1. The molecular weight excluding hydrogens is 398 g/mol. The van der Waals surface area contributed by atoms with Crippen molar-refractivity contribution in [2.45, 2.75) is 38.9 Å². The van der Waals surface area contributed by atoms with E-state index < -0.39 is 0 Å². The molecule has 0 radical (unpaired) electrons. The Morgan fingerprint density at radius 3 is 2.77 bits per heavy atom. The number of thioether (sulfide) groups is 1. The Bertz CT molecular complexity index is 1230. The van der Waals surface area contributed by atoms with Crippen LogP contribution in [0, 0.1) is 20.8 Å². The van der Waals surface area contributed by atoms with Gasteiger partial charge in [0.25, 0.3) is 0 Å². The number of fused-ring (bicyclic) bond motifs is 3. The fraction of sp³-hybridized carbons (Fsp3) is 0.364. The molecule has 0 atom stereocenters. The molecule has 0 saturated carbocycles. The molecule has 0 aliphatic carbocycles. The number of para-hydroxylation sites is 1. The van der Waals surface area contributed by atoms with E-state index in [1.807, 2.05) is 51.1 Å². The number of hydrogen-bond donors (Lipinski definition) is 0. The van der Waals surface area contributed by atoms with Crippen LogP contribution in [0.3, 0.4) is 0 Å². The van der Waals surface area contributed by atoms with E-state index in [1.165, 1.54) is 11.8 Å². The molecular formula is C22H25N5O2S. The second-order valence-electron chi connectivity index (χ2n) is 7.30. The van der Waals surface area contributed by atoms with Crippen LogP contribution in [0.4, 0.5) is 0 Å². The molecule has 0 saturated heterocycles. The summed E-state index contributed by atoms with van der Waals surface area (Å²) in [6.45, 7) is 7.45. The van der Waals surface area contributed by atoms with Crippen molar-refractivity contribution in [3.05, 3.63) is 53.1 Å². The predicted molar refractivity (Wildman–Crippen MR) is 118 cm³/mol. The molecule has 7 nitrogen and oxygen atoms in total. The van der Waals surface area contributed by atoms with Crippen molar-refractivity contribution in [3.63, 3.8) is 0 Å². The molecule has 0 unspecified atom stereocenters. The molecule has 0 spiro atoms.